The summed E-state index contributed by atoms with van der Waals surface area (Å²) in [4.78, 5) is 23.3. The fourth-order valence-electron chi connectivity index (χ4n) is 2.20. The Labute approximate surface area is 119 Å². The number of nitrogens with one attached hydrogen (secondary N) is 1. The molecule has 0 aromatic carbocycles. The number of hydrogen-bond acceptors (Lipinski definition) is 3. The Bertz CT molecular complexity index is 344. The molecule has 0 aromatic heterocycles. The summed E-state index contributed by atoms with van der Waals surface area (Å²) >= 11 is 1.85. The number of aliphatic carboxylic acids is 1. The van der Waals surface area contributed by atoms with Gasteiger partial charge in [-0.2, -0.15) is 11.8 Å². The zero-order valence-electron chi connectivity index (χ0n) is 11.6. The summed E-state index contributed by atoms with van der Waals surface area (Å²) in [6.45, 7) is 4.09. The van der Waals surface area contributed by atoms with Crippen molar-refractivity contribution in [1.29, 1.82) is 0 Å². The zero-order chi connectivity index (χ0) is 14.3. The molecule has 0 saturated heterocycles. The molecule has 1 amide bonds. The standard InChI is InChI=1S/C14H23NO3S/c1-3-19-9-8-10(2)15-13(16)11-6-4-5-7-12(11)14(17)18/h4-5,10-12H,3,6-9H2,1-2H3,(H,15,16)(H,17,18). The number of carboxylic acids is 1. The molecule has 0 bridgehead atoms. The van der Waals surface area contributed by atoms with Crippen LogP contribution in [0.15, 0.2) is 12.2 Å². The molecule has 0 aromatic rings. The molecule has 3 unspecified atom stereocenters. The van der Waals surface area contributed by atoms with Crippen molar-refractivity contribution in [2.45, 2.75) is 39.2 Å². The second-order valence-corrected chi connectivity index (χ2v) is 6.28. The smallest absolute Gasteiger partial charge is 0.307 e. The van der Waals surface area contributed by atoms with Crippen LogP contribution in [0.25, 0.3) is 0 Å². The Morgan fingerprint density at radius 3 is 2.58 bits per heavy atom. The maximum atomic E-state index is 12.1. The average molecular weight is 285 g/mol. The summed E-state index contributed by atoms with van der Waals surface area (Å²) in [7, 11) is 0. The fraction of sp³-hybridized carbons (Fsp3) is 0.714. The Morgan fingerprint density at radius 2 is 2.00 bits per heavy atom. The van der Waals surface area contributed by atoms with E-state index in [1.165, 1.54) is 0 Å². The Balaban J connectivity index is 2.47. The molecule has 0 radical (unpaired) electrons. The second-order valence-electron chi connectivity index (χ2n) is 4.89. The van der Waals surface area contributed by atoms with E-state index >= 15 is 0 Å². The van der Waals surface area contributed by atoms with E-state index in [1.807, 2.05) is 30.8 Å². The van der Waals surface area contributed by atoms with Crippen molar-refractivity contribution in [1.82, 2.24) is 5.32 Å². The Morgan fingerprint density at radius 1 is 1.37 bits per heavy atom. The molecule has 19 heavy (non-hydrogen) atoms. The number of rotatable bonds is 7. The minimum atomic E-state index is -0.876. The lowest BCUT2D eigenvalue weighted by Gasteiger charge is -2.26. The third-order valence-electron chi connectivity index (χ3n) is 3.37. The van der Waals surface area contributed by atoms with Crippen molar-refractivity contribution < 1.29 is 14.7 Å². The lowest BCUT2D eigenvalue weighted by molar-refractivity contribution is -0.147. The average Bonchev–Trinajstić information content (AvgIpc) is 2.39. The third-order valence-corrected chi connectivity index (χ3v) is 4.31. The van der Waals surface area contributed by atoms with Gasteiger partial charge in [0.25, 0.3) is 0 Å². The van der Waals surface area contributed by atoms with Crippen molar-refractivity contribution in [3.63, 3.8) is 0 Å². The highest BCUT2D eigenvalue weighted by Crippen LogP contribution is 2.26. The maximum Gasteiger partial charge on any atom is 0.307 e. The van der Waals surface area contributed by atoms with Gasteiger partial charge in [0.2, 0.25) is 5.91 Å². The number of allylic oxidation sites excluding steroid dienone is 2. The number of amides is 1. The number of carboxylic acid groups (broad SMARTS) is 1. The van der Waals surface area contributed by atoms with Crippen molar-refractivity contribution in [2.24, 2.45) is 11.8 Å². The molecule has 3 atom stereocenters. The molecule has 1 aliphatic carbocycles. The van der Waals surface area contributed by atoms with Gasteiger partial charge in [0.15, 0.2) is 0 Å². The van der Waals surface area contributed by atoms with E-state index in [9.17, 15) is 9.59 Å². The van der Waals surface area contributed by atoms with Crippen LogP contribution >= 0.6 is 11.8 Å². The van der Waals surface area contributed by atoms with Gasteiger partial charge in [-0.25, -0.2) is 0 Å². The van der Waals surface area contributed by atoms with Crippen LogP contribution in [-0.4, -0.2) is 34.5 Å². The highest BCUT2D eigenvalue weighted by Gasteiger charge is 2.34. The summed E-state index contributed by atoms with van der Waals surface area (Å²) in [5.41, 5.74) is 0. The Kier molecular flexibility index (Phi) is 6.99. The van der Waals surface area contributed by atoms with E-state index in [4.69, 9.17) is 5.11 Å². The molecule has 0 fully saturated rings. The predicted molar refractivity (Wildman–Crippen MR) is 78.2 cm³/mol. The van der Waals surface area contributed by atoms with Gasteiger partial charge < -0.3 is 10.4 Å². The molecule has 1 aliphatic rings. The van der Waals surface area contributed by atoms with Crippen LogP contribution in [0, 0.1) is 11.8 Å². The molecule has 0 saturated carbocycles. The number of carbonyl (C=O) groups excluding carboxylic acids is 1. The first-order chi connectivity index (χ1) is 9.06. The molecule has 0 spiro atoms. The normalized spacial score (nSPS) is 23.9. The van der Waals surface area contributed by atoms with Gasteiger partial charge in [-0.05, 0) is 37.7 Å². The van der Waals surface area contributed by atoms with Crippen LogP contribution in [0.4, 0.5) is 0 Å². The minimum Gasteiger partial charge on any atom is -0.481 e. The van der Waals surface area contributed by atoms with Crippen molar-refractivity contribution in [3.05, 3.63) is 12.2 Å². The lowest BCUT2D eigenvalue weighted by Crippen LogP contribution is -2.42. The van der Waals surface area contributed by atoms with Crippen LogP contribution in [0.5, 0.6) is 0 Å². The first-order valence-electron chi connectivity index (χ1n) is 6.82. The van der Waals surface area contributed by atoms with E-state index in [2.05, 4.69) is 12.2 Å². The molecule has 0 heterocycles. The quantitative estimate of drug-likeness (QED) is 0.556. The van der Waals surface area contributed by atoms with E-state index in [0.717, 1.165) is 17.9 Å². The Hall–Kier alpha value is -0.970. The van der Waals surface area contributed by atoms with Gasteiger partial charge in [-0.3, -0.25) is 9.59 Å². The SMILES string of the molecule is CCSCCC(C)NC(=O)C1CC=CCC1C(=O)O. The van der Waals surface area contributed by atoms with E-state index in [-0.39, 0.29) is 11.9 Å². The van der Waals surface area contributed by atoms with Gasteiger partial charge in [0.1, 0.15) is 0 Å². The predicted octanol–water partition coefficient (Wildman–Crippen LogP) is 2.30. The number of carbonyl (C=O) groups is 2. The van der Waals surface area contributed by atoms with Gasteiger partial charge in [-0.15, -0.1) is 0 Å². The van der Waals surface area contributed by atoms with Crippen LogP contribution in [0.3, 0.4) is 0 Å². The summed E-state index contributed by atoms with van der Waals surface area (Å²) in [5.74, 6) is 0.0930. The monoisotopic (exact) mass is 285 g/mol. The summed E-state index contributed by atoms with van der Waals surface area (Å²) in [6, 6.07) is 0.104. The van der Waals surface area contributed by atoms with Crippen molar-refractivity contribution >= 4 is 23.6 Å². The lowest BCUT2D eigenvalue weighted by atomic mass is 9.82. The molecular weight excluding hydrogens is 262 g/mol. The first kappa shape index (κ1) is 16.1. The second kappa shape index (κ2) is 8.25. The number of thioether (sulfide) groups is 1. The van der Waals surface area contributed by atoms with Crippen molar-refractivity contribution in [3.8, 4) is 0 Å². The molecule has 4 nitrogen and oxygen atoms in total. The van der Waals surface area contributed by atoms with Gasteiger partial charge in [-0.1, -0.05) is 19.1 Å². The summed E-state index contributed by atoms with van der Waals surface area (Å²) < 4.78 is 0. The van der Waals surface area contributed by atoms with Crippen molar-refractivity contribution in [2.75, 3.05) is 11.5 Å². The van der Waals surface area contributed by atoms with Crippen LogP contribution < -0.4 is 5.32 Å². The highest BCUT2D eigenvalue weighted by molar-refractivity contribution is 7.99. The first-order valence-corrected chi connectivity index (χ1v) is 7.97. The van der Waals surface area contributed by atoms with Gasteiger partial charge >= 0.3 is 5.97 Å². The summed E-state index contributed by atoms with van der Waals surface area (Å²) in [6.07, 6.45) is 5.66. The van der Waals surface area contributed by atoms with Crippen LogP contribution in [0.1, 0.15) is 33.1 Å². The van der Waals surface area contributed by atoms with E-state index < -0.39 is 17.8 Å². The topological polar surface area (TPSA) is 66.4 Å². The maximum absolute atomic E-state index is 12.1. The molecule has 5 heteroatoms. The molecular formula is C14H23NO3S. The van der Waals surface area contributed by atoms with Gasteiger partial charge in [0, 0.05) is 6.04 Å². The molecule has 2 N–H and O–H groups in total. The molecule has 1 rings (SSSR count). The zero-order valence-corrected chi connectivity index (χ0v) is 12.4. The molecule has 108 valence electrons. The van der Waals surface area contributed by atoms with Crippen LogP contribution in [0.2, 0.25) is 0 Å². The third kappa shape index (κ3) is 5.27. The van der Waals surface area contributed by atoms with E-state index in [1.54, 1.807) is 0 Å². The number of hydrogen-bond donors (Lipinski definition) is 2. The molecule has 0 aliphatic heterocycles. The minimum absolute atomic E-state index is 0.104. The largest absolute Gasteiger partial charge is 0.481 e. The van der Waals surface area contributed by atoms with E-state index in [0.29, 0.717) is 12.8 Å². The highest BCUT2D eigenvalue weighted by atomic mass is 32.2. The van der Waals surface area contributed by atoms with Crippen LogP contribution in [-0.2, 0) is 9.59 Å². The van der Waals surface area contributed by atoms with Gasteiger partial charge in [0.05, 0.1) is 11.8 Å². The summed E-state index contributed by atoms with van der Waals surface area (Å²) in [5, 5.41) is 12.1. The fourth-order valence-corrected chi connectivity index (χ4v) is 3.01.